The van der Waals surface area contributed by atoms with Crippen molar-refractivity contribution in [1.29, 1.82) is 0 Å². The van der Waals surface area contributed by atoms with E-state index in [-0.39, 0.29) is 59.1 Å². The molecule has 140 valence electrons. The fraction of sp³-hybridized carbons (Fsp3) is 1.00. The summed E-state index contributed by atoms with van der Waals surface area (Å²) in [7, 11) is -5.12. The maximum atomic E-state index is 10.5. The van der Waals surface area contributed by atoms with Crippen LogP contribution in [-0.4, -0.2) is 12.9 Å². The topological polar surface area (TPSA) is 90.9 Å². The van der Waals surface area contributed by atoms with Gasteiger partial charge >= 0.3 is 59.1 Å². The van der Waals surface area contributed by atoms with Crippen LogP contribution in [0.1, 0.15) is 90.9 Å². The van der Waals surface area contributed by atoms with E-state index in [4.69, 9.17) is 4.74 Å². The number of phosphoric acid groups is 1. The zero-order valence-electron chi connectivity index (χ0n) is 16.7. The van der Waals surface area contributed by atoms with Gasteiger partial charge in [-0.3, -0.25) is 0 Å². The summed E-state index contributed by atoms with van der Waals surface area (Å²) in [5.41, 5.74) is 0. The molecule has 0 aliphatic heterocycles. The van der Waals surface area contributed by atoms with Gasteiger partial charge in [0.2, 0.25) is 0 Å². The molecule has 0 saturated heterocycles. The summed E-state index contributed by atoms with van der Waals surface area (Å²) in [5.74, 6) is 0. The van der Waals surface area contributed by atoms with Crippen molar-refractivity contribution in [1.82, 2.24) is 0 Å². The average molecular weight is 398 g/mol. The van der Waals surface area contributed by atoms with Gasteiger partial charge in [-0.1, -0.05) is 71.6 Å². The first-order valence-corrected chi connectivity index (χ1v) is 10.4. The van der Waals surface area contributed by atoms with E-state index in [1.54, 1.807) is 0 Å². The molecule has 1 atom stereocenters. The van der Waals surface area contributed by atoms with E-state index in [0.29, 0.717) is 13.0 Å². The summed E-state index contributed by atoms with van der Waals surface area (Å²) < 4.78 is 19.7. The van der Waals surface area contributed by atoms with Gasteiger partial charge in [0.25, 0.3) is 0 Å². The SMILES string of the molecule is CCCCCCCCCCCC(OCCCC)OOP(=O)([O-])[O-].[Na+].[Na+]. The maximum absolute atomic E-state index is 10.5. The van der Waals surface area contributed by atoms with Crippen molar-refractivity contribution in [3.8, 4) is 0 Å². The van der Waals surface area contributed by atoms with Crippen LogP contribution < -0.4 is 68.9 Å². The molecule has 0 aromatic heterocycles. The number of unbranched alkanes of at least 4 members (excludes halogenated alkanes) is 9. The van der Waals surface area contributed by atoms with Crippen LogP contribution in [0.4, 0.5) is 0 Å². The van der Waals surface area contributed by atoms with Gasteiger partial charge in [0.1, 0.15) is 7.82 Å². The van der Waals surface area contributed by atoms with Gasteiger partial charge in [-0.25, -0.2) is 9.56 Å². The second-order valence-electron chi connectivity index (χ2n) is 5.89. The molecule has 0 saturated carbocycles. The Hall–Kier alpha value is 2.03. The molecule has 0 amide bonds. The molecular weight excluding hydrogens is 365 g/mol. The predicted molar refractivity (Wildman–Crippen MR) is 86.3 cm³/mol. The Labute approximate surface area is 197 Å². The van der Waals surface area contributed by atoms with Crippen LogP contribution in [-0.2, 0) is 18.9 Å². The molecule has 0 aromatic carbocycles. The standard InChI is InChI=1S/C16H35O6P.2Na/c1-3-5-7-8-9-10-11-12-13-14-16(20-15-6-4-2)21-22-23(17,18)19;;/h16H,3-15H2,1-2H3,(H2,17,18,19);;/q;2*+1/p-2. The van der Waals surface area contributed by atoms with Crippen molar-refractivity contribution < 1.29 is 87.8 Å². The summed E-state index contributed by atoms with van der Waals surface area (Å²) in [5, 5.41) is 0. The average Bonchev–Trinajstić information content (AvgIpc) is 2.49. The first-order chi connectivity index (χ1) is 11.0. The molecule has 0 rings (SSSR count). The third-order valence-electron chi connectivity index (χ3n) is 3.59. The molecule has 9 heteroatoms. The van der Waals surface area contributed by atoms with E-state index >= 15 is 0 Å². The van der Waals surface area contributed by atoms with Crippen molar-refractivity contribution in [3.63, 3.8) is 0 Å². The Kier molecular flexibility index (Phi) is 28.3. The first kappa shape index (κ1) is 31.7. The summed E-state index contributed by atoms with van der Waals surface area (Å²) in [6.07, 6.45) is 12.3. The van der Waals surface area contributed by atoms with Gasteiger partial charge in [0.15, 0.2) is 6.29 Å². The monoisotopic (exact) mass is 398 g/mol. The summed E-state index contributed by atoms with van der Waals surface area (Å²) in [4.78, 5) is 25.5. The number of hydrogen-bond donors (Lipinski definition) is 0. The van der Waals surface area contributed by atoms with E-state index in [1.165, 1.54) is 38.5 Å². The fourth-order valence-corrected chi connectivity index (χ4v) is 2.44. The van der Waals surface area contributed by atoms with Crippen LogP contribution in [0.2, 0.25) is 0 Å². The molecule has 0 heterocycles. The van der Waals surface area contributed by atoms with Crippen molar-refractivity contribution in [2.24, 2.45) is 0 Å². The smallest absolute Gasteiger partial charge is 0.788 e. The van der Waals surface area contributed by atoms with Crippen molar-refractivity contribution in [3.05, 3.63) is 0 Å². The molecule has 0 aliphatic rings. The van der Waals surface area contributed by atoms with Gasteiger partial charge in [0.05, 0.1) is 0 Å². The van der Waals surface area contributed by atoms with E-state index in [2.05, 4.69) is 16.5 Å². The van der Waals surface area contributed by atoms with E-state index < -0.39 is 14.1 Å². The Balaban J connectivity index is -0.00000242. The third-order valence-corrected chi connectivity index (χ3v) is 3.86. The molecule has 25 heavy (non-hydrogen) atoms. The van der Waals surface area contributed by atoms with Crippen molar-refractivity contribution >= 4 is 7.82 Å². The molecule has 0 N–H and O–H groups in total. The van der Waals surface area contributed by atoms with Crippen LogP contribution in [0.25, 0.3) is 0 Å². The van der Waals surface area contributed by atoms with E-state index in [1.807, 2.05) is 6.92 Å². The van der Waals surface area contributed by atoms with Gasteiger partial charge in [0, 0.05) is 13.0 Å². The van der Waals surface area contributed by atoms with Gasteiger partial charge in [-0.05, 0) is 12.8 Å². The maximum Gasteiger partial charge on any atom is 1.00 e. The second-order valence-corrected chi connectivity index (χ2v) is 6.93. The van der Waals surface area contributed by atoms with Gasteiger partial charge < -0.3 is 19.1 Å². The zero-order chi connectivity index (χ0) is 17.4. The molecule has 6 nitrogen and oxygen atoms in total. The van der Waals surface area contributed by atoms with Crippen molar-refractivity contribution in [2.75, 3.05) is 6.61 Å². The summed E-state index contributed by atoms with van der Waals surface area (Å²) >= 11 is 0. The van der Waals surface area contributed by atoms with E-state index in [0.717, 1.165) is 32.1 Å². The van der Waals surface area contributed by atoms with Gasteiger partial charge in [-0.15, -0.1) is 0 Å². The Morgan fingerprint density at radius 3 is 1.76 bits per heavy atom. The Morgan fingerprint density at radius 2 is 1.28 bits per heavy atom. The summed E-state index contributed by atoms with van der Waals surface area (Å²) in [6.45, 7) is 4.70. The van der Waals surface area contributed by atoms with Crippen LogP contribution in [0.5, 0.6) is 0 Å². The summed E-state index contributed by atoms with van der Waals surface area (Å²) in [6, 6.07) is 0. The Bertz CT molecular complexity index is 304. The quantitative estimate of drug-likeness (QED) is 0.0692. The zero-order valence-corrected chi connectivity index (χ0v) is 21.6. The molecule has 0 fully saturated rings. The van der Waals surface area contributed by atoms with Crippen LogP contribution in [0.15, 0.2) is 0 Å². The first-order valence-electron chi connectivity index (χ1n) is 8.98. The van der Waals surface area contributed by atoms with Crippen LogP contribution >= 0.6 is 7.82 Å². The van der Waals surface area contributed by atoms with Crippen molar-refractivity contribution in [2.45, 2.75) is 97.2 Å². The normalized spacial score (nSPS) is 12.3. The van der Waals surface area contributed by atoms with Crippen LogP contribution in [0, 0.1) is 0 Å². The predicted octanol–water partition coefficient (Wildman–Crippen LogP) is -2.16. The number of rotatable bonds is 17. The minimum atomic E-state index is -5.12. The minimum Gasteiger partial charge on any atom is -0.788 e. The fourth-order valence-electron chi connectivity index (χ4n) is 2.24. The largest absolute Gasteiger partial charge is 1.00 e. The minimum absolute atomic E-state index is 0. The second kappa shape index (κ2) is 22.3. The van der Waals surface area contributed by atoms with E-state index in [9.17, 15) is 14.4 Å². The Morgan fingerprint density at radius 1 is 0.800 bits per heavy atom. The number of hydrogen-bond acceptors (Lipinski definition) is 6. The van der Waals surface area contributed by atoms with Gasteiger partial charge in [-0.2, -0.15) is 0 Å². The molecule has 1 unspecified atom stereocenters. The molecule has 0 aromatic rings. The molecule has 0 spiro atoms. The molecule has 0 radical (unpaired) electrons. The third kappa shape index (κ3) is 26.0. The molecule has 0 bridgehead atoms. The van der Waals surface area contributed by atoms with Crippen LogP contribution in [0.3, 0.4) is 0 Å². The number of ether oxygens (including phenoxy) is 1. The molecular formula is C16H33Na2O6P. The molecule has 0 aliphatic carbocycles.